The standard InChI is InChI=1S/C18H19BrN2O4/c1-3-24-16-9-13(8-14(19)18(16)23)10-20-21-17(22)11-25-15-7-5-4-6-12(15)2/h4-10,23H,3,11H2,1-2H3,(H,21,22)/b20-10+. The van der Waals surface area contributed by atoms with Gasteiger partial charge in [0.1, 0.15) is 5.75 Å². The number of nitrogens with one attached hydrogen (secondary N) is 1. The van der Waals surface area contributed by atoms with E-state index in [4.69, 9.17) is 9.47 Å². The van der Waals surface area contributed by atoms with E-state index in [2.05, 4.69) is 26.5 Å². The van der Waals surface area contributed by atoms with E-state index in [0.29, 0.717) is 28.1 Å². The molecule has 0 aromatic heterocycles. The summed E-state index contributed by atoms with van der Waals surface area (Å²) in [5.41, 5.74) is 4.01. The number of phenols is 1. The number of aromatic hydroxyl groups is 1. The number of ether oxygens (including phenoxy) is 2. The second-order valence-electron chi connectivity index (χ2n) is 5.13. The van der Waals surface area contributed by atoms with Crippen molar-refractivity contribution in [1.82, 2.24) is 5.43 Å². The van der Waals surface area contributed by atoms with Crippen LogP contribution in [0, 0.1) is 6.92 Å². The maximum atomic E-state index is 11.8. The fourth-order valence-corrected chi connectivity index (χ4v) is 2.47. The summed E-state index contributed by atoms with van der Waals surface area (Å²) in [6, 6.07) is 10.7. The summed E-state index contributed by atoms with van der Waals surface area (Å²) >= 11 is 3.25. The van der Waals surface area contributed by atoms with Crippen molar-refractivity contribution < 1.29 is 19.4 Å². The summed E-state index contributed by atoms with van der Waals surface area (Å²) in [6.07, 6.45) is 1.46. The van der Waals surface area contributed by atoms with E-state index in [1.165, 1.54) is 6.21 Å². The minimum atomic E-state index is -0.373. The summed E-state index contributed by atoms with van der Waals surface area (Å²) in [5, 5.41) is 13.8. The highest BCUT2D eigenvalue weighted by molar-refractivity contribution is 9.10. The number of carbonyl (C=O) groups is 1. The lowest BCUT2D eigenvalue weighted by Crippen LogP contribution is -2.24. The molecule has 0 bridgehead atoms. The van der Waals surface area contributed by atoms with Crippen LogP contribution in [0.25, 0.3) is 0 Å². The zero-order chi connectivity index (χ0) is 18.2. The van der Waals surface area contributed by atoms with E-state index in [9.17, 15) is 9.90 Å². The highest BCUT2D eigenvalue weighted by Gasteiger charge is 2.08. The first-order valence-electron chi connectivity index (χ1n) is 7.67. The molecule has 0 heterocycles. The van der Waals surface area contributed by atoms with E-state index in [0.717, 1.165) is 5.56 Å². The number of hydrogen-bond donors (Lipinski definition) is 2. The monoisotopic (exact) mass is 406 g/mol. The molecular weight excluding hydrogens is 388 g/mol. The van der Waals surface area contributed by atoms with Crippen molar-refractivity contribution in [1.29, 1.82) is 0 Å². The SMILES string of the molecule is CCOc1cc(/C=N/NC(=O)COc2ccccc2C)cc(Br)c1O. The zero-order valence-corrected chi connectivity index (χ0v) is 15.5. The summed E-state index contributed by atoms with van der Waals surface area (Å²) in [6.45, 7) is 4.02. The number of halogens is 1. The van der Waals surface area contributed by atoms with Crippen LogP contribution in [0.15, 0.2) is 46.0 Å². The molecule has 2 rings (SSSR count). The van der Waals surface area contributed by atoms with Crippen molar-refractivity contribution in [2.24, 2.45) is 5.10 Å². The highest BCUT2D eigenvalue weighted by atomic mass is 79.9. The third-order valence-electron chi connectivity index (χ3n) is 3.21. The number of para-hydroxylation sites is 1. The molecule has 0 saturated heterocycles. The van der Waals surface area contributed by atoms with E-state index < -0.39 is 0 Å². The van der Waals surface area contributed by atoms with Gasteiger partial charge in [0.2, 0.25) is 0 Å². The normalized spacial score (nSPS) is 10.7. The Hall–Kier alpha value is -2.54. The molecule has 0 fully saturated rings. The average Bonchev–Trinajstić information content (AvgIpc) is 2.58. The minimum Gasteiger partial charge on any atom is -0.503 e. The van der Waals surface area contributed by atoms with Crippen LogP contribution >= 0.6 is 15.9 Å². The van der Waals surface area contributed by atoms with Gasteiger partial charge in [0.15, 0.2) is 18.1 Å². The van der Waals surface area contributed by atoms with Crippen LogP contribution in [0.4, 0.5) is 0 Å². The Morgan fingerprint density at radius 3 is 2.76 bits per heavy atom. The summed E-state index contributed by atoms with van der Waals surface area (Å²) in [5.74, 6) is 0.648. The van der Waals surface area contributed by atoms with Crippen LogP contribution in [0.3, 0.4) is 0 Å². The molecule has 25 heavy (non-hydrogen) atoms. The van der Waals surface area contributed by atoms with Gasteiger partial charge in [0, 0.05) is 0 Å². The lowest BCUT2D eigenvalue weighted by atomic mass is 10.2. The van der Waals surface area contributed by atoms with Crippen LogP contribution < -0.4 is 14.9 Å². The molecule has 0 aliphatic heterocycles. The predicted octanol–water partition coefficient (Wildman–Crippen LogP) is 3.39. The zero-order valence-electron chi connectivity index (χ0n) is 14.0. The number of carbonyl (C=O) groups excluding carboxylic acids is 1. The summed E-state index contributed by atoms with van der Waals surface area (Å²) in [4.78, 5) is 11.8. The fraction of sp³-hybridized carbons (Fsp3) is 0.222. The molecular formula is C18H19BrN2O4. The third-order valence-corrected chi connectivity index (χ3v) is 3.81. The molecule has 0 saturated carbocycles. The van der Waals surface area contributed by atoms with Gasteiger partial charge in [0.05, 0.1) is 17.3 Å². The first-order chi connectivity index (χ1) is 12.0. The van der Waals surface area contributed by atoms with E-state index >= 15 is 0 Å². The van der Waals surface area contributed by atoms with Gasteiger partial charge >= 0.3 is 0 Å². The molecule has 2 aromatic rings. The van der Waals surface area contributed by atoms with Crippen molar-refractivity contribution >= 4 is 28.1 Å². The molecule has 2 N–H and O–H groups in total. The largest absolute Gasteiger partial charge is 0.503 e. The van der Waals surface area contributed by atoms with Crippen LogP contribution in [-0.4, -0.2) is 30.4 Å². The summed E-state index contributed by atoms with van der Waals surface area (Å²) < 4.78 is 11.3. The van der Waals surface area contributed by atoms with E-state index in [1.54, 1.807) is 18.2 Å². The predicted molar refractivity (Wildman–Crippen MR) is 99.4 cm³/mol. The van der Waals surface area contributed by atoms with Gasteiger partial charge < -0.3 is 14.6 Å². The van der Waals surface area contributed by atoms with Crippen molar-refractivity contribution in [2.75, 3.05) is 13.2 Å². The maximum Gasteiger partial charge on any atom is 0.277 e. The molecule has 0 aliphatic rings. The Kier molecular flexibility index (Phi) is 6.82. The lowest BCUT2D eigenvalue weighted by molar-refractivity contribution is -0.123. The average molecular weight is 407 g/mol. The smallest absolute Gasteiger partial charge is 0.277 e. The Bertz CT molecular complexity index is 778. The molecule has 0 aliphatic carbocycles. The van der Waals surface area contributed by atoms with Crippen molar-refractivity contribution in [3.63, 3.8) is 0 Å². The van der Waals surface area contributed by atoms with Gasteiger partial charge in [-0.25, -0.2) is 5.43 Å². The second-order valence-corrected chi connectivity index (χ2v) is 5.98. The Labute approximate surface area is 154 Å². The van der Waals surface area contributed by atoms with Gasteiger partial charge in [-0.05, 0) is 59.1 Å². The molecule has 0 radical (unpaired) electrons. The molecule has 7 heteroatoms. The molecule has 0 atom stereocenters. The molecule has 0 spiro atoms. The molecule has 1 amide bonds. The van der Waals surface area contributed by atoms with Gasteiger partial charge in [-0.1, -0.05) is 18.2 Å². The van der Waals surface area contributed by atoms with E-state index in [-0.39, 0.29) is 18.3 Å². The highest BCUT2D eigenvalue weighted by Crippen LogP contribution is 2.35. The number of amides is 1. The first kappa shape index (κ1) is 18.8. The Balaban J connectivity index is 1.92. The number of benzene rings is 2. The van der Waals surface area contributed by atoms with Gasteiger partial charge in [-0.2, -0.15) is 5.10 Å². The minimum absolute atomic E-state index is 0.0228. The second kappa shape index (κ2) is 9.08. The fourth-order valence-electron chi connectivity index (χ4n) is 2.01. The number of nitrogens with zero attached hydrogens (tertiary/aromatic N) is 1. The van der Waals surface area contributed by atoms with Gasteiger partial charge in [0.25, 0.3) is 5.91 Å². The van der Waals surface area contributed by atoms with Crippen LogP contribution in [0.5, 0.6) is 17.2 Å². The molecule has 6 nitrogen and oxygen atoms in total. The van der Waals surface area contributed by atoms with Crippen molar-refractivity contribution in [2.45, 2.75) is 13.8 Å². The van der Waals surface area contributed by atoms with Gasteiger partial charge in [-0.15, -0.1) is 0 Å². The van der Waals surface area contributed by atoms with Gasteiger partial charge in [-0.3, -0.25) is 4.79 Å². The number of hydrogen-bond acceptors (Lipinski definition) is 5. The van der Waals surface area contributed by atoms with Crippen LogP contribution in [0.1, 0.15) is 18.1 Å². The Morgan fingerprint density at radius 1 is 1.28 bits per heavy atom. The van der Waals surface area contributed by atoms with Crippen LogP contribution in [0.2, 0.25) is 0 Å². The van der Waals surface area contributed by atoms with Crippen LogP contribution in [-0.2, 0) is 4.79 Å². The van der Waals surface area contributed by atoms with Crippen molar-refractivity contribution in [3.8, 4) is 17.2 Å². The number of hydrazone groups is 1. The lowest BCUT2D eigenvalue weighted by Gasteiger charge is -2.08. The molecule has 0 unspecified atom stereocenters. The summed E-state index contributed by atoms with van der Waals surface area (Å²) in [7, 11) is 0. The quantitative estimate of drug-likeness (QED) is 0.545. The third kappa shape index (κ3) is 5.49. The molecule has 2 aromatic carbocycles. The molecule has 132 valence electrons. The number of aryl methyl sites for hydroxylation is 1. The maximum absolute atomic E-state index is 11.8. The topological polar surface area (TPSA) is 80.2 Å². The van der Waals surface area contributed by atoms with E-state index in [1.807, 2.05) is 32.0 Å². The van der Waals surface area contributed by atoms with Crippen molar-refractivity contribution in [3.05, 3.63) is 52.0 Å². The Morgan fingerprint density at radius 2 is 2.04 bits per heavy atom. The number of rotatable bonds is 7. The number of phenolic OH excluding ortho intramolecular Hbond substituents is 1. The first-order valence-corrected chi connectivity index (χ1v) is 8.46.